The summed E-state index contributed by atoms with van der Waals surface area (Å²) in [4.78, 5) is 11.6. The molecule has 0 radical (unpaired) electrons. The van der Waals surface area contributed by atoms with Crippen LogP contribution in [0.3, 0.4) is 0 Å². The van der Waals surface area contributed by atoms with Gasteiger partial charge in [-0.15, -0.1) is 0 Å². The number of thiophene rings is 1. The summed E-state index contributed by atoms with van der Waals surface area (Å²) < 4.78 is 0.735. The molecule has 8 heteroatoms. The Morgan fingerprint density at radius 2 is 2.17 bits per heavy atom. The molecule has 0 spiro atoms. The van der Waals surface area contributed by atoms with Crippen LogP contribution in [0.4, 0.5) is 10.5 Å². The summed E-state index contributed by atoms with van der Waals surface area (Å²) in [6.45, 7) is 1.83. The van der Waals surface area contributed by atoms with Gasteiger partial charge in [-0.05, 0) is 59.1 Å². The van der Waals surface area contributed by atoms with Crippen LogP contribution in [0.2, 0.25) is 5.02 Å². The van der Waals surface area contributed by atoms with E-state index in [4.69, 9.17) is 11.6 Å². The first-order valence-electron chi connectivity index (χ1n) is 7.01. The number of carbonyl (C=O) groups is 1. The van der Waals surface area contributed by atoms with E-state index in [2.05, 4.69) is 16.0 Å². The fourth-order valence-corrected chi connectivity index (χ4v) is 3.60. The van der Waals surface area contributed by atoms with Crippen molar-refractivity contribution in [2.45, 2.75) is 13.0 Å². The van der Waals surface area contributed by atoms with E-state index in [0.29, 0.717) is 18.1 Å². The average Bonchev–Trinajstić information content (AvgIpc) is 3.00. The maximum atomic E-state index is 11.6. The van der Waals surface area contributed by atoms with Crippen molar-refractivity contribution in [2.24, 2.45) is 0 Å². The molecular formula is C15H17ClIN3O2S. The lowest BCUT2D eigenvalue weighted by Crippen LogP contribution is -2.31. The molecule has 2 rings (SSSR count). The van der Waals surface area contributed by atoms with Crippen molar-refractivity contribution >= 4 is 57.2 Å². The van der Waals surface area contributed by atoms with Crippen molar-refractivity contribution in [3.63, 3.8) is 0 Å². The molecule has 0 saturated carbocycles. The molecule has 0 bridgehead atoms. The molecule has 0 aliphatic heterocycles. The summed E-state index contributed by atoms with van der Waals surface area (Å²) in [5.41, 5.74) is 1.57. The van der Waals surface area contributed by atoms with Gasteiger partial charge >= 0.3 is 6.03 Å². The highest BCUT2D eigenvalue weighted by Gasteiger charge is 2.07. The summed E-state index contributed by atoms with van der Waals surface area (Å²) in [6, 6.07) is 5.12. The van der Waals surface area contributed by atoms with Gasteiger partial charge in [0.15, 0.2) is 0 Å². The number of hydrogen-bond acceptors (Lipinski definition) is 4. The zero-order valence-corrected chi connectivity index (χ0v) is 16.0. The second-order valence-electron chi connectivity index (χ2n) is 4.82. The van der Waals surface area contributed by atoms with Gasteiger partial charge in [0.05, 0.1) is 9.26 Å². The Hall–Kier alpha value is -1.03. The van der Waals surface area contributed by atoms with E-state index >= 15 is 0 Å². The minimum Gasteiger partial charge on any atom is -0.507 e. The van der Waals surface area contributed by atoms with Crippen LogP contribution in [-0.2, 0) is 6.54 Å². The molecule has 0 atom stereocenters. The molecule has 0 aliphatic rings. The molecule has 124 valence electrons. The van der Waals surface area contributed by atoms with Crippen LogP contribution in [0.15, 0.2) is 29.0 Å². The highest BCUT2D eigenvalue weighted by atomic mass is 127. The first kappa shape index (κ1) is 18.3. The third kappa shape index (κ3) is 6.17. The quantitative estimate of drug-likeness (QED) is 0.369. The smallest absolute Gasteiger partial charge is 0.319 e. The summed E-state index contributed by atoms with van der Waals surface area (Å²) in [5, 5.41) is 23.1. The summed E-state index contributed by atoms with van der Waals surface area (Å²) in [5.74, 6) is 0.260. The van der Waals surface area contributed by atoms with Crippen LogP contribution in [0.5, 0.6) is 5.75 Å². The number of rotatable bonds is 7. The summed E-state index contributed by atoms with van der Waals surface area (Å²) in [6.07, 6.45) is 0.787. The molecule has 0 saturated heterocycles. The van der Waals surface area contributed by atoms with E-state index in [-0.39, 0.29) is 11.8 Å². The topological polar surface area (TPSA) is 73.4 Å². The Kier molecular flexibility index (Phi) is 7.41. The predicted molar refractivity (Wildman–Crippen MR) is 103 cm³/mol. The maximum absolute atomic E-state index is 11.6. The number of carbonyl (C=O) groups excluding carboxylic acids is 1. The SMILES string of the molecule is O=C(NCCCNCc1cc(Cl)cc(I)c1O)Nc1ccsc1. The molecule has 0 aliphatic carbocycles. The van der Waals surface area contributed by atoms with Gasteiger partial charge < -0.3 is 21.1 Å². The Labute approximate surface area is 157 Å². The molecule has 5 nitrogen and oxygen atoms in total. The van der Waals surface area contributed by atoms with Gasteiger partial charge in [0.25, 0.3) is 0 Å². The van der Waals surface area contributed by atoms with Gasteiger partial charge in [0.2, 0.25) is 0 Å². The van der Waals surface area contributed by atoms with Crippen LogP contribution < -0.4 is 16.0 Å². The molecule has 1 heterocycles. The number of benzene rings is 1. The van der Waals surface area contributed by atoms with E-state index in [0.717, 1.165) is 27.8 Å². The number of phenols is 1. The Balaban J connectivity index is 1.62. The number of anilines is 1. The van der Waals surface area contributed by atoms with Crippen LogP contribution >= 0.6 is 45.5 Å². The van der Waals surface area contributed by atoms with Gasteiger partial charge in [-0.2, -0.15) is 11.3 Å². The second kappa shape index (κ2) is 9.31. The third-order valence-electron chi connectivity index (χ3n) is 3.02. The highest BCUT2D eigenvalue weighted by molar-refractivity contribution is 14.1. The Morgan fingerprint density at radius 1 is 1.35 bits per heavy atom. The van der Waals surface area contributed by atoms with E-state index < -0.39 is 0 Å². The third-order valence-corrected chi connectivity index (χ3v) is 4.74. The van der Waals surface area contributed by atoms with Gasteiger partial charge in [-0.1, -0.05) is 11.6 Å². The lowest BCUT2D eigenvalue weighted by molar-refractivity contribution is 0.252. The minimum absolute atomic E-state index is 0.203. The van der Waals surface area contributed by atoms with E-state index in [1.165, 1.54) is 11.3 Å². The summed E-state index contributed by atoms with van der Waals surface area (Å²) >= 11 is 9.56. The lowest BCUT2D eigenvalue weighted by atomic mass is 10.2. The molecule has 1 aromatic heterocycles. The number of hydrogen-bond donors (Lipinski definition) is 4. The zero-order valence-electron chi connectivity index (χ0n) is 12.2. The van der Waals surface area contributed by atoms with Crippen molar-refractivity contribution < 1.29 is 9.90 Å². The van der Waals surface area contributed by atoms with Gasteiger partial charge in [-0.25, -0.2) is 4.79 Å². The molecule has 0 unspecified atom stereocenters. The molecule has 2 amide bonds. The predicted octanol–water partition coefficient (Wildman–Crippen LogP) is 4.01. The minimum atomic E-state index is -0.203. The van der Waals surface area contributed by atoms with Gasteiger partial charge in [0.1, 0.15) is 5.75 Å². The monoisotopic (exact) mass is 465 g/mol. The van der Waals surface area contributed by atoms with Gasteiger partial charge in [0, 0.05) is 29.1 Å². The van der Waals surface area contributed by atoms with Crippen molar-refractivity contribution in [1.29, 1.82) is 0 Å². The lowest BCUT2D eigenvalue weighted by Gasteiger charge is -2.10. The van der Waals surface area contributed by atoms with Gasteiger partial charge in [-0.3, -0.25) is 0 Å². The van der Waals surface area contributed by atoms with Crippen molar-refractivity contribution in [1.82, 2.24) is 10.6 Å². The van der Waals surface area contributed by atoms with Crippen LogP contribution in [0.1, 0.15) is 12.0 Å². The second-order valence-corrected chi connectivity index (χ2v) is 7.20. The number of nitrogens with one attached hydrogen (secondary N) is 3. The largest absolute Gasteiger partial charge is 0.507 e. The highest BCUT2D eigenvalue weighted by Crippen LogP contribution is 2.28. The Morgan fingerprint density at radius 3 is 2.91 bits per heavy atom. The molecule has 23 heavy (non-hydrogen) atoms. The van der Waals surface area contributed by atoms with E-state index in [1.807, 2.05) is 39.4 Å². The average molecular weight is 466 g/mol. The van der Waals surface area contributed by atoms with Crippen LogP contribution in [0.25, 0.3) is 0 Å². The summed E-state index contributed by atoms with van der Waals surface area (Å²) in [7, 11) is 0. The maximum Gasteiger partial charge on any atom is 0.319 e. The first-order chi connectivity index (χ1) is 11.1. The normalized spacial score (nSPS) is 10.5. The number of aromatic hydroxyl groups is 1. The Bertz CT molecular complexity index is 652. The van der Waals surface area contributed by atoms with Crippen LogP contribution in [0, 0.1) is 3.57 Å². The van der Waals surface area contributed by atoms with Crippen LogP contribution in [-0.4, -0.2) is 24.2 Å². The zero-order chi connectivity index (χ0) is 16.7. The number of amides is 2. The number of halogens is 2. The number of urea groups is 1. The van der Waals surface area contributed by atoms with Crippen molar-refractivity contribution in [2.75, 3.05) is 18.4 Å². The van der Waals surface area contributed by atoms with Crippen molar-refractivity contribution in [3.8, 4) is 5.75 Å². The standard InChI is InChI=1S/C15H17ClIN3O2S/c16-11-6-10(14(21)13(17)7-11)8-18-3-1-4-19-15(22)20-12-2-5-23-9-12/h2,5-7,9,18,21H,1,3-4,8H2,(H2,19,20,22). The molecule has 2 aromatic rings. The fraction of sp³-hybridized carbons (Fsp3) is 0.267. The fourth-order valence-electron chi connectivity index (χ4n) is 1.90. The van der Waals surface area contributed by atoms with E-state index in [1.54, 1.807) is 12.1 Å². The van der Waals surface area contributed by atoms with E-state index in [9.17, 15) is 9.90 Å². The van der Waals surface area contributed by atoms with Crippen molar-refractivity contribution in [3.05, 3.63) is 43.1 Å². The molecule has 0 fully saturated rings. The first-order valence-corrected chi connectivity index (χ1v) is 9.41. The molecule has 4 N–H and O–H groups in total. The number of phenolic OH excluding ortho intramolecular Hbond substituents is 1. The molecular weight excluding hydrogens is 449 g/mol. The molecule has 1 aromatic carbocycles.